The van der Waals surface area contributed by atoms with Gasteiger partial charge in [0.2, 0.25) is 0 Å². The van der Waals surface area contributed by atoms with Gasteiger partial charge in [-0.05, 0) is 33.6 Å². The van der Waals surface area contributed by atoms with Gasteiger partial charge in [0.1, 0.15) is 0 Å². The van der Waals surface area contributed by atoms with Crippen molar-refractivity contribution in [1.82, 2.24) is 5.32 Å². The van der Waals surface area contributed by atoms with Gasteiger partial charge in [-0.1, -0.05) is 0 Å². The van der Waals surface area contributed by atoms with E-state index in [4.69, 9.17) is 4.74 Å². The first-order valence-electron chi connectivity index (χ1n) is 5.06. The van der Waals surface area contributed by atoms with Gasteiger partial charge in [0.25, 0.3) is 0 Å². The van der Waals surface area contributed by atoms with Crippen LogP contribution in [0.25, 0.3) is 0 Å². The zero-order valence-corrected chi connectivity index (χ0v) is 8.84. The van der Waals surface area contributed by atoms with Crippen LogP contribution in [0.15, 0.2) is 0 Å². The highest BCUT2D eigenvalue weighted by molar-refractivity contribution is 4.97. The van der Waals surface area contributed by atoms with E-state index < -0.39 is 0 Å². The van der Waals surface area contributed by atoms with Crippen molar-refractivity contribution >= 4 is 0 Å². The monoisotopic (exact) mass is 187 g/mol. The highest BCUT2D eigenvalue weighted by Gasteiger charge is 2.36. The first-order chi connectivity index (χ1) is 6.02. The zero-order valence-electron chi connectivity index (χ0n) is 8.84. The minimum absolute atomic E-state index is 0.200. The lowest BCUT2D eigenvalue weighted by Crippen LogP contribution is -2.37. The van der Waals surface area contributed by atoms with Crippen LogP contribution < -0.4 is 5.32 Å². The lowest BCUT2D eigenvalue weighted by molar-refractivity contribution is 0.00531. The highest BCUT2D eigenvalue weighted by atomic mass is 16.5. The molecule has 0 saturated heterocycles. The number of hydrogen-bond donors (Lipinski definition) is 2. The molecule has 3 nitrogen and oxygen atoms in total. The van der Waals surface area contributed by atoms with E-state index in [0.717, 1.165) is 0 Å². The molecule has 1 aliphatic rings. The molecule has 0 amide bonds. The normalized spacial score (nSPS) is 21.9. The van der Waals surface area contributed by atoms with Crippen molar-refractivity contribution in [3.05, 3.63) is 0 Å². The lowest BCUT2D eigenvalue weighted by Gasteiger charge is -2.17. The Morgan fingerprint density at radius 1 is 1.46 bits per heavy atom. The molecule has 0 aliphatic heterocycles. The van der Waals surface area contributed by atoms with Gasteiger partial charge in [0.05, 0.1) is 18.8 Å². The molecule has 3 heteroatoms. The highest BCUT2D eigenvalue weighted by Crippen LogP contribution is 2.33. The SMILES string of the molecule is CC(C)OCC(O)CNC1(C)CC1. The Bertz CT molecular complexity index is 155. The van der Waals surface area contributed by atoms with E-state index in [9.17, 15) is 5.11 Å². The summed E-state index contributed by atoms with van der Waals surface area (Å²) in [5.74, 6) is 0. The second-order valence-electron chi connectivity index (χ2n) is 4.48. The molecule has 13 heavy (non-hydrogen) atoms. The van der Waals surface area contributed by atoms with E-state index in [2.05, 4.69) is 12.2 Å². The molecule has 1 saturated carbocycles. The molecule has 0 aromatic rings. The van der Waals surface area contributed by atoms with Gasteiger partial charge in [0.15, 0.2) is 0 Å². The number of hydrogen-bond acceptors (Lipinski definition) is 3. The van der Waals surface area contributed by atoms with Gasteiger partial charge < -0.3 is 15.2 Å². The van der Waals surface area contributed by atoms with Gasteiger partial charge in [-0.3, -0.25) is 0 Å². The predicted octanol–water partition coefficient (Wildman–Crippen LogP) is 0.914. The molecule has 0 aromatic heterocycles. The van der Waals surface area contributed by atoms with Crippen molar-refractivity contribution in [2.45, 2.75) is 51.4 Å². The Balaban J connectivity index is 2.00. The third-order valence-corrected chi connectivity index (χ3v) is 2.39. The molecule has 0 radical (unpaired) electrons. The van der Waals surface area contributed by atoms with E-state index in [0.29, 0.717) is 18.7 Å². The van der Waals surface area contributed by atoms with Crippen LogP contribution in [-0.2, 0) is 4.74 Å². The molecule has 0 aromatic carbocycles. The summed E-state index contributed by atoms with van der Waals surface area (Å²) in [6.07, 6.45) is 2.28. The topological polar surface area (TPSA) is 41.5 Å². The predicted molar refractivity (Wildman–Crippen MR) is 52.7 cm³/mol. The fraction of sp³-hybridized carbons (Fsp3) is 1.00. The standard InChI is InChI=1S/C10H21NO2/c1-8(2)13-7-9(12)6-11-10(3)4-5-10/h8-9,11-12H,4-7H2,1-3H3. The Hall–Kier alpha value is -0.120. The lowest BCUT2D eigenvalue weighted by atomic mass is 10.3. The van der Waals surface area contributed by atoms with E-state index in [1.165, 1.54) is 12.8 Å². The second kappa shape index (κ2) is 4.40. The molecule has 1 aliphatic carbocycles. The fourth-order valence-corrected chi connectivity index (χ4v) is 1.09. The van der Waals surface area contributed by atoms with Gasteiger partial charge in [-0.2, -0.15) is 0 Å². The van der Waals surface area contributed by atoms with Gasteiger partial charge in [-0.25, -0.2) is 0 Å². The van der Waals surface area contributed by atoms with E-state index in [1.54, 1.807) is 0 Å². The number of rotatable bonds is 6. The van der Waals surface area contributed by atoms with Crippen molar-refractivity contribution in [3.63, 3.8) is 0 Å². The quantitative estimate of drug-likeness (QED) is 0.649. The van der Waals surface area contributed by atoms with Crippen molar-refractivity contribution in [2.75, 3.05) is 13.2 Å². The van der Waals surface area contributed by atoms with E-state index in [-0.39, 0.29) is 12.2 Å². The first kappa shape index (κ1) is 11.0. The summed E-state index contributed by atoms with van der Waals surface area (Å²) in [5.41, 5.74) is 0.304. The summed E-state index contributed by atoms with van der Waals surface area (Å²) in [7, 11) is 0. The minimum atomic E-state index is -0.375. The Morgan fingerprint density at radius 2 is 2.08 bits per heavy atom. The first-order valence-corrected chi connectivity index (χ1v) is 5.06. The average molecular weight is 187 g/mol. The van der Waals surface area contributed by atoms with Crippen molar-refractivity contribution in [2.24, 2.45) is 0 Å². The summed E-state index contributed by atoms with van der Waals surface area (Å²) >= 11 is 0. The number of nitrogens with one attached hydrogen (secondary N) is 1. The van der Waals surface area contributed by atoms with Crippen molar-refractivity contribution < 1.29 is 9.84 Å². The van der Waals surface area contributed by atoms with E-state index >= 15 is 0 Å². The molecular weight excluding hydrogens is 166 g/mol. The number of aliphatic hydroxyl groups is 1. The van der Waals surface area contributed by atoms with Crippen molar-refractivity contribution in [3.8, 4) is 0 Å². The Labute approximate surface area is 80.5 Å². The van der Waals surface area contributed by atoms with Crippen LogP contribution >= 0.6 is 0 Å². The molecular formula is C10H21NO2. The largest absolute Gasteiger partial charge is 0.389 e. The Morgan fingerprint density at radius 3 is 2.54 bits per heavy atom. The summed E-state index contributed by atoms with van der Waals surface area (Å²) < 4.78 is 5.30. The Kier molecular flexibility index (Phi) is 3.71. The minimum Gasteiger partial charge on any atom is -0.389 e. The molecule has 78 valence electrons. The van der Waals surface area contributed by atoms with Crippen LogP contribution in [0.3, 0.4) is 0 Å². The van der Waals surface area contributed by atoms with Crippen LogP contribution in [0.5, 0.6) is 0 Å². The molecule has 0 heterocycles. The summed E-state index contributed by atoms with van der Waals surface area (Å²) in [6, 6.07) is 0. The third-order valence-electron chi connectivity index (χ3n) is 2.39. The summed E-state index contributed by atoms with van der Waals surface area (Å²) in [4.78, 5) is 0. The number of β-amino-alcohol motifs (C(OH)–C–C–N with tert-alkyl or cyclic N) is 1. The number of aliphatic hydroxyl groups excluding tert-OH is 1. The molecule has 2 N–H and O–H groups in total. The van der Waals surface area contributed by atoms with Crippen LogP contribution in [0.1, 0.15) is 33.6 Å². The number of ether oxygens (including phenoxy) is 1. The molecule has 1 fully saturated rings. The van der Waals surface area contributed by atoms with Crippen molar-refractivity contribution in [1.29, 1.82) is 0 Å². The van der Waals surface area contributed by atoms with Crippen LogP contribution in [-0.4, -0.2) is 36.0 Å². The third kappa shape index (κ3) is 4.60. The maximum atomic E-state index is 9.50. The van der Waals surface area contributed by atoms with Crippen LogP contribution in [0, 0.1) is 0 Å². The van der Waals surface area contributed by atoms with E-state index in [1.807, 2.05) is 13.8 Å². The van der Waals surface area contributed by atoms with Gasteiger partial charge in [0, 0.05) is 12.1 Å². The maximum Gasteiger partial charge on any atom is 0.0898 e. The molecule has 1 rings (SSSR count). The van der Waals surface area contributed by atoms with Crippen LogP contribution in [0.2, 0.25) is 0 Å². The van der Waals surface area contributed by atoms with Crippen LogP contribution in [0.4, 0.5) is 0 Å². The average Bonchev–Trinajstić information content (AvgIpc) is 2.77. The molecule has 1 unspecified atom stereocenters. The van der Waals surface area contributed by atoms with Gasteiger partial charge in [-0.15, -0.1) is 0 Å². The summed E-state index contributed by atoms with van der Waals surface area (Å²) in [6.45, 7) is 7.21. The summed E-state index contributed by atoms with van der Waals surface area (Å²) in [5, 5.41) is 12.8. The molecule has 1 atom stereocenters. The zero-order chi connectivity index (χ0) is 9.90. The second-order valence-corrected chi connectivity index (χ2v) is 4.48. The molecule has 0 bridgehead atoms. The molecule has 0 spiro atoms. The maximum absolute atomic E-state index is 9.50. The fourth-order valence-electron chi connectivity index (χ4n) is 1.09. The van der Waals surface area contributed by atoms with Gasteiger partial charge >= 0.3 is 0 Å². The smallest absolute Gasteiger partial charge is 0.0898 e.